The summed E-state index contributed by atoms with van der Waals surface area (Å²) in [5.74, 6) is 1.79. The summed E-state index contributed by atoms with van der Waals surface area (Å²) in [6.07, 6.45) is 6.68. The Hall–Kier alpha value is -3.24. The number of aromatic nitrogens is 4. The number of halogens is 1. The van der Waals surface area contributed by atoms with Crippen molar-refractivity contribution in [3.05, 3.63) is 59.6 Å². The lowest BCUT2D eigenvalue weighted by atomic mass is 10.0. The van der Waals surface area contributed by atoms with Crippen LogP contribution < -0.4 is 9.62 Å². The number of sulfonamides is 1. The van der Waals surface area contributed by atoms with Gasteiger partial charge in [0.05, 0.1) is 24.0 Å². The molecular weight excluding hydrogens is 476 g/mol. The van der Waals surface area contributed by atoms with Crippen molar-refractivity contribution < 1.29 is 12.9 Å². The minimum atomic E-state index is -3.49. The fourth-order valence-corrected chi connectivity index (χ4v) is 4.59. The lowest BCUT2D eigenvalue weighted by molar-refractivity contribution is 0.374. The zero-order valence-corrected chi connectivity index (χ0v) is 20.3. The summed E-state index contributed by atoms with van der Waals surface area (Å²) in [5, 5.41) is 5.19. The molecule has 0 spiro atoms. The average molecular weight is 499 g/mol. The largest absolute Gasteiger partial charge is 0.364 e. The van der Waals surface area contributed by atoms with Crippen molar-refractivity contribution >= 4 is 43.9 Å². The molecule has 4 aromatic rings. The molecule has 0 atom stereocenters. The van der Waals surface area contributed by atoms with Crippen molar-refractivity contribution in [3.63, 3.8) is 0 Å². The fraction of sp³-hybridized carbons (Fsp3) is 0.304. The second kappa shape index (κ2) is 8.84. The summed E-state index contributed by atoms with van der Waals surface area (Å²) >= 11 is 6.10. The van der Waals surface area contributed by atoms with Crippen molar-refractivity contribution in [1.29, 1.82) is 0 Å². The van der Waals surface area contributed by atoms with Gasteiger partial charge < -0.3 is 9.42 Å². The van der Waals surface area contributed by atoms with Gasteiger partial charge in [0, 0.05) is 41.5 Å². The van der Waals surface area contributed by atoms with E-state index in [0.717, 1.165) is 59.3 Å². The molecule has 1 aromatic carbocycles. The van der Waals surface area contributed by atoms with Crippen LogP contribution >= 0.6 is 11.6 Å². The van der Waals surface area contributed by atoms with Crippen molar-refractivity contribution in [3.8, 4) is 11.1 Å². The third-order valence-corrected chi connectivity index (χ3v) is 6.54. The Kier molecular flexibility index (Phi) is 5.86. The number of anilines is 2. The summed E-state index contributed by atoms with van der Waals surface area (Å²) in [5.41, 5.74) is 3.63. The zero-order chi connectivity index (χ0) is 23.9. The number of pyridine rings is 2. The van der Waals surface area contributed by atoms with Crippen LogP contribution in [-0.4, -0.2) is 41.3 Å². The third kappa shape index (κ3) is 4.83. The fourth-order valence-electron chi connectivity index (χ4n) is 3.83. The summed E-state index contributed by atoms with van der Waals surface area (Å²) in [7, 11) is -3.49. The van der Waals surface area contributed by atoms with Crippen molar-refractivity contribution in [1.82, 2.24) is 20.1 Å². The standard InChI is InChI=1S/C23H23ClN6O3S/c1-3-30(13-21-27-23(33-28-21)14-4-5-14)20-8-9-25-18-7-6-15(10-17(18)20)16-11-19(22(24)26-12-16)29-34(2,31)32/h6-12,14,29H,3-5,13H2,1-2H3. The van der Waals surface area contributed by atoms with Gasteiger partial charge in [-0.3, -0.25) is 9.71 Å². The SMILES string of the molecule is CCN(Cc1noc(C2CC2)n1)c1ccnc2ccc(-c3cnc(Cl)c(NS(C)(=O)=O)c3)cc12. The van der Waals surface area contributed by atoms with Gasteiger partial charge >= 0.3 is 0 Å². The Morgan fingerprint density at radius 2 is 2.00 bits per heavy atom. The van der Waals surface area contributed by atoms with E-state index in [4.69, 9.17) is 16.1 Å². The van der Waals surface area contributed by atoms with E-state index < -0.39 is 10.0 Å². The second-order valence-electron chi connectivity index (χ2n) is 8.34. The Labute approximate surface area is 202 Å². The highest BCUT2D eigenvalue weighted by Crippen LogP contribution is 2.39. The molecule has 5 rings (SSSR count). The predicted octanol–water partition coefficient (Wildman–Crippen LogP) is 4.61. The highest BCUT2D eigenvalue weighted by Gasteiger charge is 2.29. The van der Waals surface area contributed by atoms with E-state index in [1.165, 1.54) is 0 Å². The molecule has 0 aliphatic heterocycles. The van der Waals surface area contributed by atoms with E-state index in [9.17, 15) is 8.42 Å². The third-order valence-electron chi connectivity index (χ3n) is 5.65. The molecule has 3 heterocycles. The molecule has 1 aliphatic carbocycles. The molecule has 1 fully saturated rings. The first kappa shape index (κ1) is 22.5. The predicted molar refractivity (Wildman–Crippen MR) is 131 cm³/mol. The van der Waals surface area contributed by atoms with Gasteiger partial charge in [-0.05, 0) is 49.6 Å². The first-order valence-corrected chi connectivity index (χ1v) is 13.2. The van der Waals surface area contributed by atoms with Gasteiger partial charge in [-0.2, -0.15) is 4.98 Å². The van der Waals surface area contributed by atoms with Crippen molar-refractivity contribution in [2.45, 2.75) is 32.2 Å². The molecule has 9 nitrogen and oxygen atoms in total. The van der Waals surface area contributed by atoms with E-state index in [1.54, 1.807) is 18.5 Å². The molecule has 0 amide bonds. The van der Waals surface area contributed by atoms with Crippen LogP contribution in [0, 0.1) is 0 Å². The molecule has 0 bridgehead atoms. The Morgan fingerprint density at radius 3 is 2.74 bits per heavy atom. The van der Waals surface area contributed by atoms with Gasteiger partial charge in [0.1, 0.15) is 0 Å². The molecule has 1 saturated carbocycles. The molecule has 1 N–H and O–H groups in total. The lowest BCUT2D eigenvalue weighted by Gasteiger charge is -2.23. The van der Waals surface area contributed by atoms with Gasteiger partial charge in [0.2, 0.25) is 15.9 Å². The number of nitrogens with one attached hydrogen (secondary N) is 1. The maximum atomic E-state index is 11.7. The number of nitrogens with zero attached hydrogens (tertiary/aromatic N) is 5. The Balaban J connectivity index is 1.51. The maximum absolute atomic E-state index is 11.7. The monoisotopic (exact) mass is 498 g/mol. The number of benzene rings is 1. The van der Waals surface area contributed by atoms with Crippen LogP contribution in [0.2, 0.25) is 5.15 Å². The summed E-state index contributed by atoms with van der Waals surface area (Å²) in [4.78, 5) is 15.4. The molecule has 0 radical (unpaired) electrons. The maximum Gasteiger partial charge on any atom is 0.229 e. The molecule has 34 heavy (non-hydrogen) atoms. The van der Waals surface area contributed by atoms with E-state index in [1.807, 2.05) is 24.3 Å². The minimum absolute atomic E-state index is 0.0835. The van der Waals surface area contributed by atoms with Crippen LogP contribution in [0.25, 0.3) is 22.0 Å². The summed E-state index contributed by atoms with van der Waals surface area (Å²) in [6.45, 7) is 3.33. The van der Waals surface area contributed by atoms with Gasteiger partial charge in [-0.1, -0.05) is 22.8 Å². The first-order valence-electron chi connectivity index (χ1n) is 10.9. The number of hydrogen-bond acceptors (Lipinski definition) is 8. The summed E-state index contributed by atoms with van der Waals surface area (Å²) in [6, 6.07) is 9.50. The van der Waals surface area contributed by atoms with Crippen LogP contribution in [-0.2, 0) is 16.6 Å². The normalized spacial score (nSPS) is 13.9. The minimum Gasteiger partial charge on any atom is -0.364 e. The van der Waals surface area contributed by atoms with Gasteiger partial charge in [0.15, 0.2) is 11.0 Å². The van der Waals surface area contributed by atoms with E-state index in [2.05, 4.69) is 36.7 Å². The van der Waals surface area contributed by atoms with E-state index in [0.29, 0.717) is 18.3 Å². The highest BCUT2D eigenvalue weighted by molar-refractivity contribution is 7.92. The number of hydrogen-bond donors (Lipinski definition) is 1. The van der Waals surface area contributed by atoms with E-state index >= 15 is 0 Å². The molecule has 11 heteroatoms. The quantitative estimate of drug-likeness (QED) is 0.350. The average Bonchev–Trinajstić information content (AvgIpc) is 3.56. The second-order valence-corrected chi connectivity index (χ2v) is 10.4. The first-order chi connectivity index (χ1) is 16.3. The van der Waals surface area contributed by atoms with Crippen LogP contribution in [0.3, 0.4) is 0 Å². The lowest BCUT2D eigenvalue weighted by Crippen LogP contribution is -2.23. The number of rotatable bonds is 8. The molecular formula is C23H23ClN6O3S. The van der Waals surface area contributed by atoms with Gasteiger partial charge in [-0.25, -0.2) is 13.4 Å². The molecule has 0 saturated heterocycles. The van der Waals surface area contributed by atoms with Crippen LogP contribution in [0.15, 0.2) is 47.2 Å². The van der Waals surface area contributed by atoms with Crippen molar-refractivity contribution in [2.24, 2.45) is 0 Å². The molecule has 176 valence electrons. The highest BCUT2D eigenvalue weighted by atomic mass is 35.5. The van der Waals surface area contributed by atoms with Crippen LogP contribution in [0.5, 0.6) is 0 Å². The Morgan fingerprint density at radius 1 is 1.18 bits per heavy atom. The molecule has 3 aromatic heterocycles. The van der Waals surface area contributed by atoms with Gasteiger partial charge in [0.25, 0.3) is 0 Å². The van der Waals surface area contributed by atoms with Crippen molar-refractivity contribution in [2.75, 3.05) is 22.4 Å². The Bertz CT molecular complexity index is 1470. The topological polar surface area (TPSA) is 114 Å². The number of fused-ring (bicyclic) bond motifs is 1. The van der Waals surface area contributed by atoms with Crippen LogP contribution in [0.1, 0.15) is 37.4 Å². The van der Waals surface area contributed by atoms with Crippen LogP contribution in [0.4, 0.5) is 11.4 Å². The smallest absolute Gasteiger partial charge is 0.229 e. The van der Waals surface area contributed by atoms with Gasteiger partial charge in [-0.15, -0.1) is 0 Å². The molecule has 1 aliphatic rings. The zero-order valence-electron chi connectivity index (χ0n) is 18.7. The van der Waals surface area contributed by atoms with E-state index in [-0.39, 0.29) is 10.8 Å². The molecule has 0 unspecified atom stereocenters. The summed E-state index contributed by atoms with van der Waals surface area (Å²) < 4.78 is 31.2.